The van der Waals surface area contributed by atoms with Crippen LogP contribution in [0.25, 0.3) is 0 Å². The van der Waals surface area contributed by atoms with Crippen LogP contribution in [0.1, 0.15) is 0 Å². The predicted molar refractivity (Wildman–Crippen MR) is 41.1 cm³/mol. The van der Waals surface area contributed by atoms with Crippen molar-refractivity contribution in [2.24, 2.45) is 0 Å². The van der Waals surface area contributed by atoms with Gasteiger partial charge in [-0.1, -0.05) is 12.7 Å². The molecule has 0 aromatic rings. The molecule has 12 heavy (non-hydrogen) atoms. The average molecular weight is 174 g/mol. The highest BCUT2D eigenvalue weighted by molar-refractivity contribution is 5.87. The van der Waals surface area contributed by atoms with Gasteiger partial charge in [-0.15, -0.1) is 0 Å². The minimum Gasteiger partial charge on any atom is -0.478 e. The van der Waals surface area contributed by atoms with Gasteiger partial charge >= 0.3 is 5.97 Å². The molecular weight excluding hydrogens is 166 g/mol. The first-order valence-electron chi connectivity index (χ1n) is 3.09. The monoisotopic (exact) mass is 174 g/mol. The summed E-state index contributed by atoms with van der Waals surface area (Å²) < 4.78 is 23.7. The highest BCUT2D eigenvalue weighted by atomic mass is 19.1. The summed E-state index contributed by atoms with van der Waals surface area (Å²) in [7, 11) is 0. The van der Waals surface area contributed by atoms with Crippen molar-refractivity contribution in [1.82, 2.24) is 0 Å². The molecule has 0 heterocycles. The SMILES string of the molecule is C=C(F)/C=C\C=C(/CF)C(=O)O. The number of rotatable bonds is 4. The quantitative estimate of drug-likeness (QED) is 0.522. The highest BCUT2D eigenvalue weighted by Gasteiger charge is 2.03. The van der Waals surface area contributed by atoms with Crippen LogP contribution in [-0.4, -0.2) is 17.8 Å². The van der Waals surface area contributed by atoms with Crippen LogP contribution in [0.3, 0.4) is 0 Å². The van der Waals surface area contributed by atoms with E-state index in [9.17, 15) is 13.6 Å². The maximum atomic E-state index is 11.9. The van der Waals surface area contributed by atoms with Crippen LogP contribution >= 0.6 is 0 Å². The van der Waals surface area contributed by atoms with Crippen molar-refractivity contribution < 1.29 is 18.7 Å². The van der Waals surface area contributed by atoms with Crippen LogP contribution < -0.4 is 0 Å². The summed E-state index contributed by atoms with van der Waals surface area (Å²) in [6, 6.07) is 0. The maximum Gasteiger partial charge on any atom is 0.334 e. The number of halogens is 2. The number of hydrogen-bond acceptors (Lipinski definition) is 1. The smallest absolute Gasteiger partial charge is 0.334 e. The normalized spacial score (nSPS) is 12.0. The first-order valence-corrected chi connectivity index (χ1v) is 3.09. The van der Waals surface area contributed by atoms with Gasteiger partial charge in [0.15, 0.2) is 0 Å². The number of allylic oxidation sites excluding steroid dienone is 4. The van der Waals surface area contributed by atoms with E-state index in [2.05, 4.69) is 6.58 Å². The van der Waals surface area contributed by atoms with Gasteiger partial charge in [-0.25, -0.2) is 13.6 Å². The number of aliphatic carboxylic acids is 1. The summed E-state index contributed by atoms with van der Waals surface area (Å²) in [5.41, 5.74) is -0.424. The molecule has 0 rings (SSSR count). The third kappa shape index (κ3) is 4.38. The summed E-state index contributed by atoms with van der Waals surface area (Å²) >= 11 is 0. The van der Waals surface area contributed by atoms with E-state index in [1.54, 1.807) is 0 Å². The Balaban J connectivity index is 4.31. The maximum absolute atomic E-state index is 11.9. The Morgan fingerprint density at radius 1 is 1.58 bits per heavy atom. The summed E-state index contributed by atoms with van der Waals surface area (Å²) in [5, 5.41) is 8.28. The Labute approximate surface area is 68.5 Å². The van der Waals surface area contributed by atoms with Crippen LogP contribution in [-0.2, 0) is 4.79 Å². The molecule has 0 aliphatic heterocycles. The number of alkyl halides is 1. The lowest BCUT2D eigenvalue weighted by molar-refractivity contribution is -0.132. The summed E-state index contributed by atoms with van der Waals surface area (Å²) in [4.78, 5) is 10.1. The second kappa shape index (κ2) is 5.23. The summed E-state index contributed by atoms with van der Waals surface area (Å²) in [6.45, 7) is 1.81. The molecule has 0 fully saturated rings. The van der Waals surface area contributed by atoms with Crippen LogP contribution in [0.15, 0.2) is 36.2 Å². The number of carboxylic acid groups (broad SMARTS) is 1. The van der Waals surface area contributed by atoms with Crippen molar-refractivity contribution in [3.05, 3.63) is 36.2 Å². The Bertz CT molecular complexity index is 241. The highest BCUT2D eigenvalue weighted by Crippen LogP contribution is 1.98. The van der Waals surface area contributed by atoms with E-state index in [0.29, 0.717) is 0 Å². The van der Waals surface area contributed by atoms with E-state index in [0.717, 1.165) is 18.2 Å². The molecule has 0 bridgehead atoms. The van der Waals surface area contributed by atoms with Gasteiger partial charge in [0.1, 0.15) is 12.5 Å². The molecule has 0 saturated heterocycles. The molecule has 0 unspecified atom stereocenters. The topological polar surface area (TPSA) is 37.3 Å². The molecule has 0 atom stereocenters. The molecule has 4 heteroatoms. The summed E-state index contributed by atoms with van der Waals surface area (Å²) in [5.74, 6) is -2.07. The molecule has 0 saturated carbocycles. The van der Waals surface area contributed by atoms with Gasteiger partial charge in [-0.05, 0) is 12.2 Å². The fraction of sp³-hybridized carbons (Fsp3) is 0.125. The van der Waals surface area contributed by atoms with Crippen molar-refractivity contribution >= 4 is 5.97 Å². The number of hydrogen-bond donors (Lipinski definition) is 1. The van der Waals surface area contributed by atoms with Crippen molar-refractivity contribution in [2.75, 3.05) is 6.67 Å². The molecule has 0 spiro atoms. The first-order chi connectivity index (χ1) is 5.57. The molecule has 1 N–H and O–H groups in total. The van der Waals surface area contributed by atoms with E-state index in [1.807, 2.05) is 0 Å². The average Bonchev–Trinajstić information content (AvgIpc) is 1.96. The van der Waals surface area contributed by atoms with Crippen LogP contribution in [0.4, 0.5) is 8.78 Å². The van der Waals surface area contributed by atoms with Crippen LogP contribution in [0, 0.1) is 0 Å². The van der Waals surface area contributed by atoms with Gasteiger partial charge in [0, 0.05) is 0 Å². The van der Waals surface area contributed by atoms with Gasteiger partial charge in [-0.3, -0.25) is 0 Å². The van der Waals surface area contributed by atoms with E-state index in [-0.39, 0.29) is 0 Å². The zero-order valence-corrected chi connectivity index (χ0v) is 6.26. The van der Waals surface area contributed by atoms with Gasteiger partial charge in [0.25, 0.3) is 0 Å². The minimum absolute atomic E-state index is 0.424. The predicted octanol–water partition coefficient (Wildman–Crippen LogP) is 2.01. The van der Waals surface area contributed by atoms with E-state index in [4.69, 9.17) is 5.11 Å². The fourth-order valence-corrected chi connectivity index (χ4v) is 0.442. The lowest BCUT2D eigenvalue weighted by Gasteiger charge is -1.90. The summed E-state index contributed by atoms with van der Waals surface area (Å²) in [6.07, 6.45) is 3.01. The molecule has 0 aliphatic carbocycles. The van der Waals surface area contributed by atoms with Crippen LogP contribution in [0.2, 0.25) is 0 Å². The Hall–Kier alpha value is -1.45. The molecule has 66 valence electrons. The molecule has 0 aliphatic rings. The molecule has 0 aromatic heterocycles. The van der Waals surface area contributed by atoms with E-state index >= 15 is 0 Å². The second-order valence-corrected chi connectivity index (χ2v) is 1.94. The van der Waals surface area contributed by atoms with Crippen LogP contribution in [0.5, 0.6) is 0 Å². The Morgan fingerprint density at radius 3 is 2.50 bits per heavy atom. The Morgan fingerprint density at radius 2 is 2.17 bits per heavy atom. The third-order valence-electron chi connectivity index (χ3n) is 0.993. The molecule has 2 nitrogen and oxygen atoms in total. The van der Waals surface area contributed by atoms with Gasteiger partial charge in [-0.2, -0.15) is 0 Å². The van der Waals surface area contributed by atoms with E-state index < -0.39 is 24.0 Å². The zero-order valence-electron chi connectivity index (χ0n) is 6.26. The van der Waals surface area contributed by atoms with Gasteiger partial charge in [0.05, 0.1) is 5.57 Å². The number of carbonyl (C=O) groups is 1. The third-order valence-corrected chi connectivity index (χ3v) is 0.993. The minimum atomic E-state index is -1.35. The first kappa shape index (κ1) is 10.6. The van der Waals surface area contributed by atoms with Crippen molar-refractivity contribution in [1.29, 1.82) is 0 Å². The Kier molecular flexibility index (Phi) is 4.60. The lowest BCUT2D eigenvalue weighted by Crippen LogP contribution is -2.01. The fourth-order valence-electron chi connectivity index (χ4n) is 0.442. The van der Waals surface area contributed by atoms with E-state index in [1.165, 1.54) is 0 Å². The molecule has 0 aromatic carbocycles. The standard InChI is InChI=1S/C8H8F2O2/c1-6(10)3-2-4-7(5-9)8(11)12/h2-4H,1,5H2,(H,11,12)/b3-2-,7-4+. The lowest BCUT2D eigenvalue weighted by atomic mass is 10.2. The van der Waals surface area contributed by atoms with Gasteiger partial charge < -0.3 is 5.11 Å². The van der Waals surface area contributed by atoms with Crippen molar-refractivity contribution in [3.63, 3.8) is 0 Å². The molecule has 0 radical (unpaired) electrons. The number of carboxylic acids is 1. The zero-order chi connectivity index (χ0) is 9.56. The second-order valence-electron chi connectivity index (χ2n) is 1.94. The molecular formula is C8H8F2O2. The molecule has 0 amide bonds. The van der Waals surface area contributed by atoms with Gasteiger partial charge in [0.2, 0.25) is 0 Å². The van der Waals surface area contributed by atoms with Crippen molar-refractivity contribution in [2.45, 2.75) is 0 Å². The van der Waals surface area contributed by atoms with Crippen molar-refractivity contribution in [3.8, 4) is 0 Å². The largest absolute Gasteiger partial charge is 0.478 e.